The Hall–Kier alpha value is -4.89. The number of aromatic nitrogens is 4. The maximum atomic E-state index is 13.1. The van der Waals surface area contributed by atoms with Crippen LogP contribution in [0.5, 0.6) is 0 Å². The third-order valence-electron chi connectivity index (χ3n) is 7.81. The van der Waals surface area contributed by atoms with Crippen LogP contribution < -0.4 is 10.6 Å². The Labute approximate surface area is 245 Å². The van der Waals surface area contributed by atoms with Gasteiger partial charge < -0.3 is 20.1 Å². The molecule has 5 aromatic rings. The highest BCUT2D eigenvalue weighted by Crippen LogP contribution is 2.29. The van der Waals surface area contributed by atoms with Crippen molar-refractivity contribution in [3.8, 4) is 22.6 Å². The normalized spacial score (nSPS) is 14.1. The lowest BCUT2D eigenvalue weighted by Crippen LogP contribution is -2.29. The molecular weight excluding hydrogens is 526 g/mol. The third-order valence-corrected chi connectivity index (χ3v) is 7.81. The minimum Gasteiger partial charge on any atom is -0.356 e. The monoisotopic (exact) mass is 559 g/mol. The molecule has 3 aromatic heterocycles. The molecule has 6 rings (SSSR count). The molecule has 4 heterocycles. The minimum absolute atomic E-state index is 0.146. The fourth-order valence-electron chi connectivity index (χ4n) is 5.26. The fourth-order valence-corrected chi connectivity index (χ4v) is 5.26. The van der Waals surface area contributed by atoms with Crippen LogP contribution in [-0.4, -0.2) is 51.1 Å². The largest absolute Gasteiger partial charge is 0.356 e. The Kier molecular flexibility index (Phi) is 7.74. The van der Waals surface area contributed by atoms with Gasteiger partial charge >= 0.3 is 0 Å². The molecule has 1 aliphatic heterocycles. The van der Waals surface area contributed by atoms with Crippen molar-refractivity contribution in [1.29, 1.82) is 0 Å². The van der Waals surface area contributed by atoms with Crippen molar-refractivity contribution in [3.63, 3.8) is 0 Å². The van der Waals surface area contributed by atoms with Gasteiger partial charge in [0.15, 0.2) is 5.76 Å². The van der Waals surface area contributed by atoms with Crippen LogP contribution in [0.4, 0.5) is 17.3 Å². The van der Waals surface area contributed by atoms with Crippen molar-refractivity contribution in [2.75, 3.05) is 30.8 Å². The number of amides is 1. The van der Waals surface area contributed by atoms with Crippen LogP contribution in [0.2, 0.25) is 0 Å². The van der Waals surface area contributed by atoms with Crippen LogP contribution in [0.15, 0.2) is 83.9 Å². The van der Waals surface area contributed by atoms with Crippen molar-refractivity contribution >= 4 is 23.2 Å². The summed E-state index contributed by atoms with van der Waals surface area (Å²) in [4.78, 5) is 28.9. The second-order valence-electron chi connectivity index (χ2n) is 10.9. The minimum atomic E-state index is -0.146. The van der Waals surface area contributed by atoms with Gasteiger partial charge in [-0.15, -0.1) is 0 Å². The van der Waals surface area contributed by atoms with Gasteiger partial charge in [0.25, 0.3) is 5.91 Å². The van der Waals surface area contributed by atoms with Gasteiger partial charge in [0.05, 0.1) is 11.9 Å². The molecule has 0 spiro atoms. The van der Waals surface area contributed by atoms with E-state index in [4.69, 9.17) is 9.51 Å². The summed E-state index contributed by atoms with van der Waals surface area (Å²) < 4.78 is 5.39. The van der Waals surface area contributed by atoms with Gasteiger partial charge in [0, 0.05) is 52.2 Å². The average molecular weight is 560 g/mol. The van der Waals surface area contributed by atoms with Gasteiger partial charge in [-0.25, -0.2) is 9.97 Å². The molecule has 9 heteroatoms. The number of pyridine rings is 1. The van der Waals surface area contributed by atoms with Crippen LogP contribution >= 0.6 is 0 Å². The van der Waals surface area contributed by atoms with Crippen LogP contribution in [0.3, 0.4) is 0 Å². The van der Waals surface area contributed by atoms with E-state index in [0.717, 1.165) is 53.9 Å². The van der Waals surface area contributed by atoms with E-state index < -0.39 is 0 Å². The second-order valence-corrected chi connectivity index (χ2v) is 10.9. The predicted molar refractivity (Wildman–Crippen MR) is 164 cm³/mol. The smallest absolute Gasteiger partial charge is 0.255 e. The van der Waals surface area contributed by atoms with E-state index in [0.29, 0.717) is 34.6 Å². The van der Waals surface area contributed by atoms with E-state index in [-0.39, 0.29) is 5.91 Å². The third kappa shape index (κ3) is 6.06. The Morgan fingerprint density at radius 1 is 0.929 bits per heavy atom. The molecule has 9 nitrogen and oxygen atoms in total. The number of aryl methyl sites for hydroxylation is 2. The van der Waals surface area contributed by atoms with E-state index >= 15 is 0 Å². The van der Waals surface area contributed by atoms with Crippen LogP contribution in [0.25, 0.3) is 22.6 Å². The van der Waals surface area contributed by atoms with E-state index in [2.05, 4.69) is 49.8 Å². The molecule has 2 N–H and O–H groups in total. The molecule has 0 unspecified atom stereocenters. The molecule has 1 aliphatic rings. The zero-order valence-corrected chi connectivity index (χ0v) is 24.0. The summed E-state index contributed by atoms with van der Waals surface area (Å²) in [6, 6.07) is 17.6. The fraction of sp³-hybridized carbons (Fsp3) is 0.242. The first-order valence-corrected chi connectivity index (χ1v) is 14.1. The first-order valence-electron chi connectivity index (χ1n) is 14.1. The topological polar surface area (TPSA) is 109 Å². The van der Waals surface area contributed by atoms with E-state index in [9.17, 15) is 4.79 Å². The molecule has 2 aromatic carbocycles. The van der Waals surface area contributed by atoms with Crippen molar-refractivity contribution in [1.82, 2.24) is 25.0 Å². The van der Waals surface area contributed by atoms with Crippen molar-refractivity contribution in [2.45, 2.75) is 32.6 Å². The maximum Gasteiger partial charge on any atom is 0.255 e. The average Bonchev–Trinajstić information content (AvgIpc) is 3.45. The summed E-state index contributed by atoms with van der Waals surface area (Å²) in [5.41, 5.74) is 7.72. The van der Waals surface area contributed by atoms with Gasteiger partial charge in [0.1, 0.15) is 0 Å². The number of likely N-dealkylation sites (tertiary alicyclic amines) is 1. The molecule has 212 valence electrons. The summed E-state index contributed by atoms with van der Waals surface area (Å²) in [7, 11) is 2.17. The number of nitrogens with one attached hydrogen (secondary N) is 2. The first kappa shape index (κ1) is 27.3. The molecule has 0 radical (unpaired) electrons. The maximum absolute atomic E-state index is 13.1. The number of anilines is 3. The first-order chi connectivity index (χ1) is 20.4. The second kappa shape index (κ2) is 11.9. The van der Waals surface area contributed by atoms with E-state index in [1.807, 2.05) is 56.3 Å². The number of nitrogens with zero attached hydrogens (tertiary/aromatic N) is 5. The molecule has 1 amide bonds. The molecule has 42 heavy (non-hydrogen) atoms. The van der Waals surface area contributed by atoms with Crippen LogP contribution in [-0.2, 0) is 0 Å². The number of piperidine rings is 1. The van der Waals surface area contributed by atoms with Crippen LogP contribution in [0, 0.1) is 13.8 Å². The van der Waals surface area contributed by atoms with E-state index in [1.54, 1.807) is 24.8 Å². The lowest BCUT2D eigenvalue weighted by atomic mass is 9.89. The number of hydrogen-bond acceptors (Lipinski definition) is 8. The summed E-state index contributed by atoms with van der Waals surface area (Å²) in [6.07, 6.45) is 9.18. The zero-order chi connectivity index (χ0) is 29.1. The Morgan fingerprint density at radius 3 is 2.48 bits per heavy atom. The van der Waals surface area contributed by atoms with Crippen LogP contribution in [0.1, 0.15) is 45.8 Å². The molecular formula is C33H33N7O2. The number of hydrogen-bond donors (Lipinski definition) is 2. The summed E-state index contributed by atoms with van der Waals surface area (Å²) in [5, 5.41) is 10.2. The molecule has 0 aliphatic carbocycles. The van der Waals surface area contributed by atoms with Crippen molar-refractivity contribution in [3.05, 3.63) is 102 Å². The summed E-state index contributed by atoms with van der Waals surface area (Å²) in [6.45, 7) is 6.16. The van der Waals surface area contributed by atoms with Gasteiger partial charge in [-0.3, -0.25) is 9.78 Å². The Balaban J connectivity index is 1.15. The standard InChI is InChI=1S/C33H33N7O2/c1-21-4-9-28(37-32(41)25-7-5-23(6-8-25)24-11-14-40(3)15-12-24)17-30(21)39-33-35-13-10-29(38-33)26-16-27(20-34-19-26)31-22(2)18-36-42-31/h4-10,13,16-20,24H,11-12,14-15H2,1-3H3,(H,37,41)(H,35,38,39). The lowest BCUT2D eigenvalue weighted by molar-refractivity contribution is 0.102. The zero-order valence-electron chi connectivity index (χ0n) is 24.0. The number of benzene rings is 2. The lowest BCUT2D eigenvalue weighted by Gasteiger charge is -2.29. The van der Waals surface area contributed by atoms with Gasteiger partial charge in [-0.2, -0.15) is 0 Å². The highest BCUT2D eigenvalue weighted by Gasteiger charge is 2.19. The van der Waals surface area contributed by atoms with Gasteiger partial charge in [0.2, 0.25) is 5.95 Å². The predicted octanol–water partition coefficient (Wildman–Crippen LogP) is 6.62. The quantitative estimate of drug-likeness (QED) is 0.229. The van der Waals surface area contributed by atoms with E-state index in [1.165, 1.54) is 5.56 Å². The summed E-state index contributed by atoms with van der Waals surface area (Å²) in [5.74, 6) is 1.53. The highest BCUT2D eigenvalue weighted by molar-refractivity contribution is 6.04. The number of carbonyl (C=O) groups excluding carboxylic acids is 1. The molecule has 1 fully saturated rings. The molecule has 0 bridgehead atoms. The van der Waals surface area contributed by atoms with Gasteiger partial charge in [-0.1, -0.05) is 23.4 Å². The van der Waals surface area contributed by atoms with Gasteiger partial charge in [-0.05, 0) is 100 Å². The number of rotatable bonds is 7. The highest BCUT2D eigenvalue weighted by atomic mass is 16.5. The number of carbonyl (C=O) groups is 1. The molecule has 1 saturated heterocycles. The molecule has 0 saturated carbocycles. The van der Waals surface area contributed by atoms with Crippen molar-refractivity contribution < 1.29 is 9.32 Å². The SMILES string of the molecule is Cc1ccc(NC(=O)c2ccc(C3CCN(C)CC3)cc2)cc1Nc1nccc(-c2cncc(-c3oncc3C)c2)n1. The Bertz CT molecular complexity index is 1710. The van der Waals surface area contributed by atoms with Crippen molar-refractivity contribution in [2.24, 2.45) is 0 Å². The summed E-state index contributed by atoms with van der Waals surface area (Å²) >= 11 is 0. The Morgan fingerprint density at radius 2 is 1.71 bits per heavy atom. The molecule has 0 atom stereocenters.